The fraction of sp³-hybridized carbons (Fsp3) is 0.300. The Morgan fingerprint density at radius 2 is 2.19 bits per heavy atom. The van der Waals surface area contributed by atoms with Crippen molar-refractivity contribution < 1.29 is 4.42 Å². The van der Waals surface area contributed by atoms with Crippen molar-refractivity contribution in [2.45, 2.75) is 30.8 Å². The van der Waals surface area contributed by atoms with Crippen molar-refractivity contribution >= 4 is 11.8 Å². The van der Waals surface area contributed by atoms with E-state index in [1.165, 1.54) is 11.8 Å². The highest BCUT2D eigenvalue weighted by Crippen LogP contribution is 2.25. The fourth-order valence-electron chi connectivity index (χ4n) is 1.10. The smallest absolute Gasteiger partial charge is 0.264 e. The van der Waals surface area contributed by atoms with E-state index < -0.39 is 0 Å². The Morgan fingerprint density at radius 1 is 1.38 bits per heavy atom. The first kappa shape index (κ1) is 11.1. The summed E-state index contributed by atoms with van der Waals surface area (Å²) < 4.78 is 5.43. The van der Waals surface area contributed by atoms with E-state index in [9.17, 15) is 0 Å². The van der Waals surface area contributed by atoms with Crippen LogP contribution in [0.5, 0.6) is 0 Å². The molecule has 2 aromatic heterocycles. The molecule has 0 fully saturated rings. The van der Waals surface area contributed by atoms with E-state index in [1.54, 1.807) is 12.3 Å². The third-order valence-electron chi connectivity index (χ3n) is 2.09. The van der Waals surface area contributed by atoms with Gasteiger partial charge >= 0.3 is 0 Å². The zero-order chi connectivity index (χ0) is 11.5. The van der Waals surface area contributed by atoms with E-state index >= 15 is 0 Å². The molecule has 0 saturated carbocycles. The molecule has 0 aliphatic heterocycles. The summed E-state index contributed by atoms with van der Waals surface area (Å²) in [6.07, 6.45) is 1.68. The predicted octanol–water partition coefficient (Wildman–Crippen LogP) is 1.69. The summed E-state index contributed by atoms with van der Waals surface area (Å²) in [5.41, 5.74) is 7.19. The lowest BCUT2D eigenvalue weighted by Gasteiger charge is -1.97. The Labute approximate surface area is 97.5 Å². The molecule has 2 rings (SSSR count). The molecule has 0 unspecified atom stereocenters. The Hall–Kier alpha value is -1.40. The molecular formula is C10H12N4OS. The normalized spacial score (nSPS) is 10.7. The third kappa shape index (κ3) is 2.40. The lowest BCUT2D eigenvalue weighted by atomic mass is 10.4. The standard InChI is InChI=1S/C10H12N4OS/c1-6-7(2)15-10(13-6)16-9-12-4-3-8(5-11)14-9/h3-4H,5,11H2,1-2H3. The van der Waals surface area contributed by atoms with Gasteiger partial charge in [0.25, 0.3) is 5.22 Å². The first-order valence-corrected chi connectivity index (χ1v) is 5.64. The van der Waals surface area contributed by atoms with Gasteiger partial charge in [0.2, 0.25) is 0 Å². The summed E-state index contributed by atoms with van der Waals surface area (Å²) in [4.78, 5) is 12.6. The molecule has 0 aromatic carbocycles. The van der Waals surface area contributed by atoms with Gasteiger partial charge in [0.05, 0.1) is 11.4 Å². The van der Waals surface area contributed by atoms with Gasteiger partial charge in [0.1, 0.15) is 5.76 Å². The van der Waals surface area contributed by atoms with Crippen molar-refractivity contribution in [1.29, 1.82) is 0 Å². The molecule has 0 aliphatic carbocycles. The maximum absolute atomic E-state index is 5.50. The van der Waals surface area contributed by atoms with Gasteiger partial charge in [-0.2, -0.15) is 0 Å². The lowest BCUT2D eigenvalue weighted by molar-refractivity contribution is 0.430. The molecular weight excluding hydrogens is 224 g/mol. The van der Waals surface area contributed by atoms with E-state index in [2.05, 4.69) is 15.0 Å². The van der Waals surface area contributed by atoms with Crippen molar-refractivity contribution in [3.05, 3.63) is 29.4 Å². The number of hydrogen-bond acceptors (Lipinski definition) is 6. The number of nitrogens with two attached hydrogens (primary N) is 1. The lowest BCUT2D eigenvalue weighted by Crippen LogP contribution is -2.00. The Balaban J connectivity index is 2.20. The van der Waals surface area contributed by atoms with Gasteiger partial charge in [0.15, 0.2) is 5.16 Å². The summed E-state index contributed by atoms with van der Waals surface area (Å²) in [6.45, 7) is 4.18. The van der Waals surface area contributed by atoms with Crippen molar-refractivity contribution in [2.75, 3.05) is 0 Å². The highest BCUT2D eigenvalue weighted by atomic mass is 32.2. The van der Waals surface area contributed by atoms with Crippen molar-refractivity contribution in [1.82, 2.24) is 15.0 Å². The quantitative estimate of drug-likeness (QED) is 0.817. The minimum absolute atomic E-state index is 0.402. The van der Waals surface area contributed by atoms with Gasteiger partial charge in [-0.3, -0.25) is 0 Å². The number of hydrogen-bond donors (Lipinski definition) is 1. The van der Waals surface area contributed by atoms with Gasteiger partial charge in [-0.15, -0.1) is 0 Å². The predicted molar refractivity (Wildman–Crippen MR) is 60.0 cm³/mol. The number of oxazole rings is 1. The van der Waals surface area contributed by atoms with Crippen LogP contribution in [0, 0.1) is 13.8 Å². The van der Waals surface area contributed by atoms with Gasteiger partial charge < -0.3 is 10.2 Å². The number of rotatable bonds is 3. The van der Waals surface area contributed by atoms with Crippen LogP contribution < -0.4 is 5.73 Å². The Bertz CT molecular complexity index is 478. The molecule has 0 saturated heterocycles. The Kier molecular flexibility index (Phi) is 3.21. The molecule has 0 atom stereocenters. The van der Waals surface area contributed by atoms with Gasteiger partial charge in [-0.25, -0.2) is 15.0 Å². The summed E-state index contributed by atoms with van der Waals surface area (Å²) in [7, 11) is 0. The van der Waals surface area contributed by atoms with Crippen LogP contribution in [0.1, 0.15) is 17.1 Å². The number of nitrogens with zero attached hydrogens (tertiary/aromatic N) is 3. The van der Waals surface area contributed by atoms with Crippen LogP contribution in [0.25, 0.3) is 0 Å². The second-order valence-corrected chi connectivity index (χ2v) is 4.18. The SMILES string of the molecule is Cc1nc(Sc2nccc(CN)n2)oc1C. The first-order chi connectivity index (χ1) is 7.69. The molecule has 0 amide bonds. The third-order valence-corrected chi connectivity index (χ3v) is 2.82. The van der Waals surface area contributed by atoms with Crippen LogP contribution in [-0.4, -0.2) is 15.0 Å². The molecule has 2 N–H and O–H groups in total. The maximum atomic E-state index is 5.50. The van der Waals surface area contributed by atoms with Crippen LogP contribution >= 0.6 is 11.8 Å². The maximum Gasteiger partial charge on any atom is 0.264 e. The summed E-state index contributed by atoms with van der Waals surface area (Å²) >= 11 is 1.30. The van der Waals surface area contributed by atoms with Crippen LogP contribution in [0.2, 0.25) is 0 Å². The van der Waals surface area contributed by atoms with Gasteiger partial charge in [0, 0.05) is 24.5 Å². The van der Waals surface area contributed by atoms with Crippen LogP contribution in [0.15, 0.2) is 27.1 Å². The largest absolute Gasteiger partial charge is 0.436 e. The summed E-state index contributed by atoms with van der Waals surface area (Å²) in [5, 5.41) is 1.16. The molecule has 0 aliphatic rings. The van der Waals surface area contributed by atoms with E-state index in [0.29, 0.717) is 16.9 Å². The van der Waals surface area contributed by atoms with E-state index in [-0.39, 0.29) is 0 Å². The van der Waals surface area contributed by atoms with Crippen LogP contribution in [-0.2, 0) is 6.54 Å². The topological polar surface area (TPSA) is 77.8 Å². The van der Waals surface area contributed by atoms with Crippen LogP contribution in [0.3, 0.4) is 0 Å². The summed E-state index contributed by atoms with van der Waals surface area (Å²) in [6, 6.07) is 1.79. The average molecular weight is 236 g/mol. The highest BCUT2D eigenvalue weighted by molar-refractivity contribution is 7.98. The minimum Gasteiger partial charge on any atom is -0.436 e. The van der Waals surface area contributed by atoms with Crippen molar-refractivity contribution in [2.24, 2.45) is 5.73 Å². The van der Waals surface area contributed by atoms with Gasteiger partial charge in [-0.05, 0) is 19.9 Å². The Morgan fingerprint density at radius 3 is 2.81 bits per heavy atom. The molecule has 6 heteroatoms. The molecule has 16 heavy (non-hydrogen) atoms. The van der Waals surface area contributed by atoms with E-state index in [0.717, 1.165) is 17.1 Å². The van der Waals surface area contributed by atoms with Crippen molar-refractivity contribution in [3.8, 4) is 0 Å². The highest BCUT2D eigenvalue weighted by Gasteiger charge is 2.09. The number of aryl methyl sites for hydroxylation is 2. The zero-order valence-corrected chi connectivity index (χ0v) is 9.91. The second-order valence-electron chi connectivity index (χ2n) is 3.26. The molecule has 0 bridgehead atoms. The zero-order valence-electron chi connectivity index (χ0n) is 9.10. The van der Waals surface area contributed by atoms with Gasteiger partial charge in [-0.1, -0.05) is 0 Å². The van der Waals surface area contributed by atoms with Crippen molar-refractivity contribution in [3.63, 3.8) is 0 Å². The van der Waals surface area contributed by atoms with E-state index in [4.69, 9.17) is 10.2 Å². The first-order valence-electron chi connectivity index (χ1n) is 4.83. The molecule has 2 heterocycles. The second kappa shape index (κ2) is 4.63. The molecule has 2 aromatic rings. The molecule has 0 radical (unpaired) electrons. The van der Waals surface area contributed by atoms with E-state index in [1.807, 2.05) is 13.8 Å². The molecule has 84 valence electrons. The average Bonchev–Trinajstić information content (AvgIpc) is 2.58. The molecule has 5 nitrogen and oxygen atoms in total. The number of aromatic nitrogens is 3. The minimum atomic E-state index is 0.402. The monoisotopic (exact) mass is 236 g/mol. The molecule has 0 spiro atoms. The van der Waals surface area contributed by atoms with Crippen LogP contribution in [0.4, 0.5) is 0 Å². The summed E-state index contributed by atoms with van der Waals surface area (Å²) in [5.74, 6) is 0.817. The fourth-order valence-corrected chi connectivity index (χ4v) is 1.89.